The van der Waals surface area contributed by atoms with Crippen LogP contribution in [0.1, 0.15) is 92.1 Å². The molecule has 0 aromatic carbocycles. The minimum Gasteiger partial charge on any atom is -0.393 e. The molecule has 8 heteroatoms. The number of anilines is 1. The van der Waals surface area contributed by atoms with Gasteiger partial charge in [0.25, 0.3) is 0 Å². The second-order valence-electron chi connectivity index (χ2n) is 15.0. The van der Waals surface area contributed by atoms with Crippen LogP contribution in [0.2, 0.25) is 5.02 Å². The van der Waals surface area contributed by atoms with Crippen molar-refractivity contribution in [2.75, 3.05) is 5.06 Å². The number of hydroxylamine groups is 1. The van der Waals surface area contributed by atoms with Crippen LogP contribution < -0.4 is 5.06 Å². The van der Waals surface area contributed by atoms with Gasteiger partial charge in [-0.15, -0.1) is 0 Å². The van der Waals surface area contributed by atoms with E-state index in [-0.39, 0.29) is 33.5 Å². The van der Waals surface area contributed by atoms with Crippen molar-refractivity contribution in [3.8, 4) is 0 Å². The molecule has 3 saturated carbocycles. The highest BCUT2D eigenvalue weighted by Crippen LogP contribution is 2.73. The Labute approximate surface area is 253 Å². The average Bonchev–Trinajstić information content (AvgIpc) is 3.28. The van der Waals surface area contributed by atoms with Gasteiger partial charge in [-0.1, -0.05) is 77.4 Å². The third kappa shape index (κ3) is 4.18. The third-order valence-electron chi connectivity index (χ3n) is 12.7. The van der Waals surface area contributed by atoms with Crippen molar-refractivity contribution in [2.45, 2.75) is 110 Å². The Hall–Kier alpha value is -1.57. The van der Waals surface area contributed by atoms with Crippen LogP contribution in [-0.2, 0) is 11.0 Å². The Morgan fingerprint density at radius 3 is 2.45 bits per heavy atom. The number of rotatable bonds is 5. The van der Waals surface area contributed by atoms with Crippen LogP contribution >= 0.6 is 11.6 Å². The van der Waals surface area contributed by atoms with Crippen LogP contribution in [0.5, 0.6) is 0 Å². The van der Waals surface area contributed by atoms with Crippen molar-refractivity contribution in [3.05, 3.63) is 47.2 Å². The lowest BCUT2D eigenvalue weighted by molar-refractivity contribution is -0.273. The molecule has 6 aliphatic rings. The summed E-state index contributed by atoms with van der Waals surface area (Å²) in [6.45, 7) is 13.9. The number of halogens is 4. The summed E-state index contributed by atoms with van der Waals surface area (Å²) in [4.78, 5) is 11.5. The zero-order chi connectivity index (χ0) is 30.5. The molecule has 1 N–H and O–H groups in total. The van der Waals surface area contributed by atoms with Gasteiger partial charge in [-0.25, -0.2) is 10.0 Å². The Balaban J connectivity index is 1.42. The van der Waals surface area contributed by atoms with Crippen LogP contribution in [0.3, 0.4) is 0 Å². The van der Waals surface area contributed by atoms with Crippen molar-refractivity contribution in [2.24, 2.45) is 46.3 Å². The van der Waals surface area contributed by atoms with Gasteiger partial charge in [0.05, 0.1) is 22.2 Å². The Bertz CT molecular complexity index is 1280. The highest BCUT2D eigenvalue weighted by Gasteiger charge is 2.75. The van der Waals surface area contributed by atoms with Crippen LogP contribution in [0.25, 0.3) is 0 Å². The molecule has 1 aromatic rings. The summed E-state index contributed by atoms with van der Waals surface area (Å²) in [7, 11) is 0. The van der Waals surface area contributed by atoms with Gasteiger partial charge in [-0.3, -0.25) is 4.84 Å². The molecule has 2 spiro atoms. The van der Waals surface area contributed by atoms with E-state index in [2.05, 4.69) is 70.8 Å². The number of nitrogens with zero attached hydrogens (tertiary/aromatic N) is 2. The first-order chi connectivity index (χ1) is 19.6. The maximum Gasteiger partial charge on any atom is 0.417 e. The van der Waals surface area contributed by atoms with Crippen molar-refractivity contribution in [1.29, 1.82) is 0 Å². The summed E-state index contributed by atoms with van der Waals surface area (Å²) >= 11 is 6.60. The molecule has 232 valence electrons. The van der Waals surface area contributed by atoms with Crippen molar-refractivity contribution in [1.82, 2.24) is 4.98 Å². The van der Waals surface area contributed by atoms with E-state index in [1.54, 1.807) is 5.06 Å². The van der Waals surface area contributed by atoms with Crippen LogP contribution in [-0.4, -0.2) is 27.3 Å². The number of hydrogen-bond acceptors (Lipinski definition) is 4. The highest BCUT2D eigenvalue weighted by molar-refractivity contribution is 6.33. The van der Waals surface area contributed by atoms with Crippen molar-refractivity contribution < 1.29 is 23.1 Å². The molecule has 4 nitrogen and oxygen atoms in total. The molecular formula is C34H46ClF3N2O2. The number of alkyl halides is 3. The topological polar surface area (TPSA) is 45.6 Å². The maximum absolute atomic E-state index is 13.5. The molecule has 0 amide bonds. The monoisotopic (exact) mass is 606 g/mol. The quantitative estimate of drug-likeness (QED) is 0.340. The predicted molar refractivity (Wildman–Crippen MR) is 160 cm³/mol. The second-order valence-corrected chi connectivity index (χ2v) is 15.4. The van der Waals surface area contributed by atoms with Crippen molar-refractivity contribution in [3.63, 3.8) is 0 Å². The number of hydrogen-bond donors (Lipinski definition) is 1. The number of aliphatic hydroxyl groups is 1. The minimum absolute atomic E-state index is 0.0522. The summed E-state index contributed by atoms with van der Waals surface area (Å²) in [5, 5.41) is 12.6. The lowest BCUT2D eigenvalue weighted by Gasteiger charge is -2.73. The summed E-state index contributed by atoms with van der Waals surface area (Å²) in [5.74, 6) is 2.77. The summed E-state index contributed by atoms with van der Waals surface area (Å²) < 4.78 is 40.6. The van der Waals surface area contributed by atoms with Gasteiger partial charge in [-0.2, -0.15) is 13.2 Å². The van der Waals surface area contributed by atoms with Gasteiger partial charge in [0.2, 0.25) is 0 Å². The number of allylic oxidation sites excluding steroid dienone is 2. The van der Waals surface area contributed by atoms with Gasteiger partial charge < -0.3 is 5.11 Å². The first-order valence-corrected chi connectivity index (χ1v) is 16.3. The van der Waals surface area contributed by atoms with E-state index >= 15 is 0 Å². The summed E-state index contributed by atoms with van der Waals surface area (Å²) in [6.07, 6.45) is 11.3. The van der Waals surface area contributed by atoms with Crippen molar-refractivity contribution >= 4 is 17.4 Å². The zero-order valence-corrected chi connectivity index (χ0v) is 26.5. The smallest absolute Gasteiger partial charge is 0.393 e. The van der Waals surface area contributed by atoms with Gasteiger partial charge in [0.15, 0.2) is 5.82 Å². The molecule has 10 unspecified atom stereocenters. The predicted octanol–water partition coefficient (Wildman–Crippen LogP) is 9.03. The molecule has 4 aliphatic carbocycles. The van der Waals surface area contributed by atoms with E-state index in [4.69, 9.17) is 16.4 Å². The van der Waals surface area contributed by atoms with Crippen LogP contribution in [0.4, 0.5) is 19.0 Å². The number of aliphatic hydroxyl groups excluding tert-OH is 1. The fourth-order valence-electron chi connectivity index (χ4n) is 10.0. The number of fused-ring (bicyclic) bond motifs is 2. The average molecular weight is 607 g/mol. The van der Waals surface area contributed by atoms with E-state index < -0.39 is 29.0 Å². The lowest BCUT2D eigenvalue weighted by Crippen LogP contribution is -2.79. The molecule has 4 fully saturated rings. The fraction of sp³-hybridized carbons (Fsp3) is 0.735. The van der Waals surface area contributed by atoms with Gasteiger partial charge in [-0.05, 0) is 73.7 Å². The Morgan fingerprint density at radius 1 is 1.05 bits per heavy atom. The Morgan fingerprint density at radius 2 is 1.79 bits per heavy atom. The zero-order valence-electron chi connectivity index (χ0n) is 25.7. The van der Waals surface area contributed by atoms with Gasteiger partial charge in [0, 0.05) is 29.9 Å². The summed E-state index contributed by atoms with van der Waals surface area (Å²) in [6, 6.07) is 0.949. The highest BCUT2D eigenvalue weighted by atomic mass is 35.5. The van der Waals surface area contributed by atoms with E-state index in [9.17, 15) is 18.3 Å². The molecule has 42 heavy (non-hydrogen) atoms. The van der Waals surface area contributed by atoms with E-state index in [0.29, 0.717) is 36.5 Å². The minimum atomic E-state index is -4.55. The van der Waals surface area contributed by atoms with Crippen LogP contribution in [0.15, 0.2) is 36.6 Å². The summed E-state index contributed by atoms with van der Waals surface area (Å²) in [5.41, 5.74) is -2.45. The van der Waals surface area contributed by atoms with E-state index in [1.165, 1.54) is 0 Å². The molecule has 2 bridgehead atoms. The lowest BCUT2D eigenvalue weighted by atomic mass is 9.41. The molecule has 10 atom stereocenters. The van der Waals surface area contributed by atoms with E-state index in [0.717, 1.165) is 44.4 Å². The SMILES string of the molecule is CC(C)C(C)C=CC(C)C1CCC2C1(C)CCC1C23C=CC2(CC(O)CCC12C)N(c1ncc(C(F)(F)F)cc1Cl)O3. The van der Waals surface area contributed by atoms with Crippen LogP contribution in [0, 0.1) is 46.3 Å². The molecule has 0 radical (unpaired) electrons. The third-order valence-corrected chi connectivity index (χ3v) is 13.0. The molecule has 3 heterocycles. The first-order valence-electron chi connectivity index (χ1n) is 15.9. The standard InChI is InChI=1S/C34H46ClF3N2O2/c1-20(2)21(3)7-8-22(4)25-9-10-27-30(25,5)13-12-28-31(6)14-11-24(41)18-32(31)15-16-33(27,28)42-40(32)29-26(35)17-23(19-39-29)34(36,37)38/h7-8,15-17,19-22,24-25,27-28,41H,9-14,18H2,1-6H3. The molecule has 2 aliphatic heterocycles. The largest absolute Gasteiger partial charge is 0.417 e. The first kappa shape index (κ1) is 30.5. The fourth-order valence-corrected chi connectivity index (χ4v) is 10.3. The van der Waals surface area contributed by atoms with Gasteiger partial charge in [0.1, 0.15) is 5.60 Å². The van der Waals surface area contributed by atoms with E-state index in [1.807, 2.05) is 0 Å². The number of pyridine rings is 1. The molecule has 1 saturated heterocycles. The normalized spacial score (nSPS) is 42.5. The number of aromatic nitrogens is 1. The Kier molecular flexibility index (Phi) is 7.23. The van der Waals surface area contributed by atoms with Gasteiger partial charge >= 0.3 is 6.18 Å². The molecule has 1 aromatic heterocycles. The maximum atomic E-state index is 13.5. The second kappa shape index (κ2) is 9.97. The molecular weight excluding hydrogens is 561 g/mol. The molecule has 7 rings (SSSR count).